The molecule has 0 aliphatic heterocycles. The lowest BCUT2D eigenvalue weighted by Gasteiger charge is -2.22. The van der Waals surface area contributed by atoms with Crippen LogP contribution in [0.2, 0.25) is 0 Å². The van der Waals surface area contributed by atoms with Crippen molar-refractivity contribution < 1.29 is 58.6 Å². The van der Waals surface area contributed by atoms with Crippen molar-refractivity contribution in [2.75, 3.05) is 20.4 Å². The zero-order chi connectivity index (χ0) is 50.9. The van der Waals surface area contributed by atoms with E-state index in [0.717, 1.165) is 44.5 Å². The molecule has 0 aromatic heterocycles. The van der Waals surface area contributed by atoms with E-state index in [9.17, 15) is 33.2 Å². The maximum Gasteiger partial charge on any atom is 0.407 e. The summed E-state index contributed by atoms with van der Waals surface area (Å²) in [6.07, 6.45) is -1.39. The van der Waals surface area contributed by atoms with Crippen LogP contribution in [0.5, 0.6) is 0 Å². The molecule has 0 saturated carbocycles. The number of benzene rings is 4. The summed E-state index contributed by atoms with van der Waals surface area (Å²) < 4.78 is 36.5. The van der Waals surface area contributed by atoms with Crippen molar-refractivity contribution in [3.8, 4) is 22.3 Å². The minimum absolute atomic E-state index is 0. The van der Waals surface area contributed by atoms with Crippen molar-refractivity contribution in [3.05, 3.63) is 119 Å². The number of carboxylic acid groups (broad SMARTS) is 1. The zero-order valence-corrected chi connectivity index (χ0v) is 41.2. The summed E-state index contributed by atoms with van der Waals surface area (Å²) in [5.74, 6) is -2.81. The number of ether oxygens (including phenoxy) is 4. The summed E-state index contributed by atoms with van der Waals surface area (Å²) in [7, 11) is -1.00. The second-order valence-corrected chi connectivity index (χ2v) is 18.1. The minimum atomic E-state index is -1.10. The van der Waals surface area contributed by atoms with Crippen molar-refractivity contribution >= 4 is 48.3 Å². The Morgan fingerprint density at radius 2 is 0.926 bits per heavy atom. The van der Waals surface area contributed by atoms with E-state index in [1.807, 2.05) is 93.6 Å². The van der Waals surface area contributed by atoms with Gasteiger partial charge in [-0.05, 0) is 107 Å². The summed E-state index contributed by atoms with van der Waals surface area (Å²) in [5.41, 5.74) is 13.3. The van der Waals surface area contributed by atoms with Crippen molar-refractivity contribution in [1.82, 2.24) is 10.6 Å². The van der Waals surface area contributed by atoms with Gasteiger partial charge >= 0.3 is 30.1 Å². The van der Waals surface area contributed by atoms with Gasteiger partial charge in [0.1, 0.15) is 36.5 Å². The number of alkyl halides is 1. The van der Waals surface area contributed by atoms with Gasteiger partial charge in [0.25, 0.3) is 0 Å². The summed E-state index contributed by atoms with van der Waals surface area (Å²) >= 11 is 0. The third-order valence-electron chi connectivity index (χ3n) is 10.3. The van der Waals surface area contributed by atoms with Crippen molar-refractivity contribution in [2.24, 2.45) is 11.7 Å². The fraction of sp³-hybridized carbons (Fsp3) is 0.423. The number of amides is 2. The second kappa shape index (κ2) is 26.3. The van der Waals surface area contributed by atoms with Crippen LogP contribution in [0.4, 0.5) is 14.0 Å². The lowest BCUT2D eigenvalue weighted by molar-refractivity contribution is -0.160. The molecule has 16 heteroatoms. The Kier molecular flexibility index (Phi) is 21.6. The van der Waals surface area contributed by atoms with Crippen LogP contribution < -0.4 is 16.4 Å². The molecule has 4 aromatic carbocycles. The van der Waals surface area contributed by atoms with Gasteiger partial charge in [0, 0.05) is 18.3 Å². The van der Waals surface area contributed by atoms with E-state index in [1.165, 1.54) is 6.92 Å². The largest absolute Gasteiger partial charge is 0.480 e. The standard InChI is InChI=1S/C26H31NO5.C18H17NO4.C7H15NO2.CH3F.ClH/c1-16(24(29)32-26(3,4)5)14-23(28)17(2)27-25(30)31-15-22-20-12-8-6-10-18(20)19-11-7-9-13-21(19)22;1-11(17(20)21)19-18(22)23-10-16-14-8-4-2-6-12(14)13-7-3-5-9-15(13)16;1-5(8)6(9)10-7(2,3)4;1-2;/h6-13,16-17,22H,14-15H2,1-5H3,(H,27,30);2-9,11,16H,10H2,1H3,(H,19,22)(H,20,21);5H,8H2,1-4H3;1H3;1H/i;;;1D;. The molecule has 4 aromatic rings. The molecule has 14 nitrogen and oxygen atoms in total. The van der Waals surface area contributed by atoms with Crippen LogP contribution >= 0.6 is 12.4 Å². The topological polar surface area (TPSA) is 210 Å². The fourth-order valence-electron chi connectivity index (χ4n) is 7.13. The summed E-state index contributed by atoms with van der Waals surface area (Å²) in [6.45, 7) is 17.4. The number of ketones is 1. The molecule has 2 aliphatic rings. The third kappa shape index (κ3) is 17.1. The monoisotopic (exact) mass is 964 g/mol. The Hall–Kier alpha value is -6.32. The number of Topliss-reactive ketones (excluding diaryl/α,β-unsaturated/α-hetero) is 1. The van der Waals surface area contributed by atoms with E-state index >= 15 is 0 Å². The summed E-state index contributed by atoms with van der Waals surface area (Å²) in [6, 6.07) is 30.0. The number of rotatable bonds is 12. The highest BCUT2D eigenvalue weighted by Crippen LogP contribution is 2.45. The lowest BCUT2D eigenvalue weighted by atomic mass is 9.98. The van der Waals surface area contributed by atoms with Crippen LogP contribution in [-0.4, -0.2) is 90.7 Å². The first kappa shape index (κ1) is 56.0. The van der Waals surface area contributed by atoms with Gasteiger partial charge in [0.15, 0.2) is 5.78 Å². The first-order valence-electron chi connectivity index (χ1n) is 22.6. The predicted octanol–water partition coefficient (Wildman–Crippen LogP) is 9.53. The molecule has 68 heavy (non-hydrogen) atoms. The Labute approximate surface area is 406 Å². The van der Waals surface area contributed by atoms with E-state index < -0.39 is 66.5 Å². The third-order valence-corrected chi connectivity index (χ3v) is 10.3. The molecule has 5 N–H and O–H groups in total. The Bertz CT molecular complexity index is 2280. The molecule has 0 heterocycles. The van der Waals surface area contributed by atoms with Gasteiger partial charge in [-0.3, -0.25) is 23.6 Å². The molecule has 0 fully saturated rings. The van der Waals surface area contributed by atoms with Gasteiger partial charge in [-0.1, -0.05) is 104 Å². The molecule has 0 saturated heterocycles. The lowest BCUT2D eigenvalue weighted by Crippen LogP contribution is -2.40. The van der Waals surface area contributed by atoms with E-state index in [1.54, 1.807) is 41.5 Å². The van der Waals surface area contributed by atoms with Gasteiger partial charge < -0.3 is 40.4 Å². The highest BCUT2D eigenvalue weighted by atomic mass is 35.5. The smallest absolute Gasteiger partial charge is 0.407 e. The first-order valence-corrected chi connectivity index (χ1v) is 21.9. The zero-order valence-electron chi connectivity index (χ0n) is 41.4. The number of aliphatic carboxylic acids is 1. The van der Waals surface area contributed by atoms with E-state index in [2.05, 4.69) is 34.9 Å². The van der Waals surface area contributed by atoms with Crippen molar-refractivity contribution in [2.45, 2.75) is 117 Å². The Morgan fingerprint density at radius 3 is 1.22 bits per heavy atom. The molecule has 0 radical (unpaired) electrons. The highest BCUT2D eigenvalue weighted by Gasteiger charge is 2.32. The summed E-state index contributed by atoms with van der Waals surface area (Å²) in [5, 5.41) is 13.7. The molecule has 370 valence electrons. The second-order valence-electron chi connectivity index (χ2n) is 18.1. The molecule has 6 rings (SSSR count). The highest BCUT2D eigenvalue weighted by molar-refractivity contribution is 5.90. The van der Waals surface area contributed by atoms with Gasteiger partial charge in [-0.15, -0.1) is 12.4 Å². The summed E-state index contributed by atoms with van der Waals surface area (Å²) in [4.78, 5) is 70.2. The molecule has 0 bridgehead atoms. The Balaban J connectivity index is 0.000000384. The van der Waals surface area contributed by atoms with Crippen LogP contribution in [0.25, 0.3) is 22.3 Å². The van der Waals surface area contributed by atoms with Crippen molar-refractivity contribution in [1.29, 1.82) is 0 Å². The molecule has 2 aliphatic carbocycles. The number of carbonyl (C=O) groups excluding carboxylic acids is 5. The maximum atomic E-state index is 12.5. The number of carboxylic acids is 1. The van der Waals surface area contributed by atoms with Crippen LogP contribution in [0.1, 0.15) is 111 Å². The van der Waals surface area contributed by atoms with Gasteiger partial charge in [-0.25, -0.2) is 9.59 Å². The maximum absolute atomic E-state index is 12.5. The SMILES string of the molecule is CC(CC(=O)C(C)NC(=O)OCC1c2ccccc2-c2ccccc21)C(=O)OC(C)(C)C.CC(N)C(=O)OC(C)(C)C.CC(NC(=O)OCC1c2ccccc2-c2ccccc21)C(=O)O.Cl.[2H]CF. The van der Waals surface area contributed by atoms with Crippen LogP contribution in [0, 0.1) is 5.92 Å². The van der Waals surface area contributed by atoms with Crippen molar-refractivity contribution in [3.63, 3.8) is 0 Å². The van der Waals surface area contributed by atoms with Gasteiger partial charge in [0.2, 0.25) is 0 Å². The van der Waals surface area contributed by atoms with Crippen LogP contribution in [0.15, 0.2) is 97.1 Å². The average Bonchev–Trinajstić information content (AvgIpc) is 3.76. The number of esters is 2. The number of nitrogens with two attached hydrogens (primary N) is 1. The predicted molar refractivity (Wildman–Crippen MR) is 261 cm³/mol. The molecule has 2 amide bonds. The van der Waals surface area contributed by atoms with Gasteiger partial charge in [0.05, 0.1) is 20.5 Å². The van der Waals surface area contributed by atoms with Gasteiger partial charge in [-0.2, -0.15) is 0 Å². The van der Waals surface area contributed by atoms with Crippen LogP contribution in [-0.2, 0) is 38.1 Å². The van der Waals surface area contributed by atoms with E-state index in [-0.39, 0.29) is 55.6 Å². The molecule has 4 unspecified atom stereocenters. The quantitative estimate of drug-likeness (QED) is 0.0773. The number of nitrogens with one attached hydrogen (secondary N) is 2. The average molecular weight is 966 g/mol. The number of hydrogen-bond donors (Lipinski definition) is 4. The first-order chi connectivity index (χ1) is 31.9. The number of fused-ring (bicyclic) bond motifs is 6. The van der Waals surface area contributed by atoms with Crippen LogP contribution in [0.3, 0.4) is 0 Å². The number of hydrogen-bond acceptors (Lipinski definition) is 11. The molecular formula is C52H67ClFN3O11. The molecular weight excluding hydrogens is 897 g/mol. The number of halogens is 2. The molecule has 4 atom stereocenters. The van der Waals surface area contributed by atoms with E-state index in [0.29, 0.717) is 0 Å². The normalized spacial score (nSPS) is 14.0. The molecule has 0 spiro atoms. The minimum Gasteiger partial charge on any atom is -0.480 e. The number of carbonyl (C=O) groups is 6. The fourth-order valence-corrected chi connectivity index (χ4v) is 7.13. The Morgan fingerprint density at radius 1 is 0.618 bits per heavy atom. The van der Waals surface area contributed by atoms with E-state index in [4.69, 9.17) is 31.2 Å². The number of alkyl carbamates (subject to hydrolysis) is 2.